The van der Waals surface area contributed by atoms with E-state index >= 15 is 0 Å². The molecule has 104 valence electrons. The smallest absolute Gasteiger partial charge is 0.337 e. The molecule has 8 nitrogen and oxygen atoms in total. The van der Waals surface area contributed by atoms with Gasteiger partial charge in [-0.05, 0) is 11.6 Å². The number of carbonyl (C=O) groups is 1. The minimum Gasteiger partial charge on any atom is -0.417 e. The predicted molar refractivity (Wildman–Crippen MR) is 65.1 cm³/mol. The van der Waals surface area contributed by atoms with Gasteiger partial charge in [0.1, 0.15) is 6.61 Å². The summed E-state index contributed by atoms with van der Waals surface area (Å²) in [7, 11) is 1.29. The fourth-order valence-corrected chi connectivity index (χ4v) is 1.76. The van der Waals surface area contributed by atoms with Crippen molar-refractivity contribution in [2.75, 3.05) is 13.7 Å². The van der Waals surface area contributed by atoms with Crippen LogP contribution in [0.3, 0.4) is 0 Å². The van der Waals surface area contributed by atoms with Crippen LogP contribution >= 0.6 is 0 Å². The van der Waals surface area contributed by atoms with E-state index in [1.807, 2.05) is 0 Å². The van der Waals surface area contributed by atoms with Gasteiger partial charge in [-0.3, -0.25) is 10.1 Å². The van der Waals surface area contributed by atoms with Gasteiger partial charge in [0.25, 0.3) is 0 Å². The Labute approximate surface area is 110 Å². The number of rotatable bonds is 6. The molecule has 9 heteroatoms. The van der Waals surface area contributed by atoms with Crippen molar-refractivity contribution in [2.24, 2.45) is 0 Å². The van der Waals surface area contributed by atoms with Crippen LogP contribution in [0.1, 0.15) is 5.56 Å². The molecule has 1 aromatic carbocycles. The molecular weight excluding hydrogens is 278 g/mol. The summed E-state index contributed by atoms with van der Waals surface area (Å²) >= 11 is -2.11. The Morgan fingerprint density at radius 1 is 1.53 bits per heavy atom. The van der Waals surface area contributed by atoms with Crippen molar-refractivity contribution in [2.45, 2.75) is 5.75 Å². The maximum Gasteiger partial charge on any atom is 0.337 e. The average Bonchev–Trinajstić information content (AvgIpc) is 2.30. The number of benzene rings is 1. The Bertz CT molecular complexity index is 517. The highest BCUT2D eigenvalue weighted by molar-refractivity contribution is 7.78. The molecule has 1 unspecified atom stereocenters. The number of nitrogens with zero attached hydrogens (tertiary/aromatic N) is 1. The summed E-state index contributed by atoms with van der Waals surface area (Å²) in [4.78, 5) is 21.3. The molecule has 0 spiro atoms. The van der Waals surface area contributed by atoms with Gasteiger partial charge in [-0.1, -0.05) is 6.07 Å². The van der Waals surface area contributed by atoms with E-state index in [1.54, 1.807) is 0 Å². The zero-order valence-electron chi connectivity index (χ0n) is 9.90. The number of methoxy groups -OCH3 is 1. The summed E-state index contributed by atoms with van der Waals surface area (Å²) in [6.07, 6.45) is 0. The number of ether oxygens (including phenoxy) is 2. The van der Waals surface area contributed by atoms with Crippen molar-refractivity contribution >= 4 is 22.7 Å². The van der Waals surface area contributed by atoms with Gasteiger partial charge in [0, 0.05) is 13.2 Å². The summed E-state index contributed by atoms with van der Waals surface area (Å²) in [6.45, 7) is -0.334. The molecule has 0 aromatic heterocycles. The molecule has 0 aliphatic heterocycles. The second-order valence-electron chi connectivity index (χ2n) is 3.43. The Kier molecular flexibility index (Phi) is 5.55. The lowest BCUT2D eigenvalue weighted by Crippen LogP contribution is -2.15. The Morgan fingerprint density at radius 3 is 2.74 bits per heavy atom. The van der Waals surface area contributed by atoms with Gasteiger partial charge in [-0.15, -0.1) is 0 Å². The predicted octanol–water partition coefficient (Wildman–Crippen LogP) is 0.868. The van der Waals surface area contributed by atoms with Crippen LogP contribution in [0, 0.1) is 10.1 Å². The zero-order valence-corrected chi connectivity index (χ0v) is 10.7. The van der Waals surface area contributed by atoms with Crippen LogP contribution in [0.15, 0.2) is 18.2 Å². The van der Waals surface area contributed by atoms with Crippen molar-refractivity contribution in [3.8, 4) is 5.75 Å². The lowest BCUT2D eigenvalue weighted by Gasteiger charge is -2.05. The maximum atomic E-state index is 11.2. The first-order chi connectivity index (χ1) is 8.93. The number of nitro benzene ring substituents is 1. The molecule has 0 saturated carbocycles. The molecule has 0 saturated heterocycles. The maximum absolute atomic E-state index is 11.2. The highest BCUT2D eigenvalue weighted by Crippen LogP contribution is 2.28. The molecule has 0 aliphatic carbocycles. The fourth-order valence-electron chi connectivity index (χ4n) is 1.29. The number of esters is 1. The standard InChI is InChI=1S/C10H11NO7S/c1-17-5-10(12)18-9-3-2-7(6-19(15)16)4-8(9)11(13)14/h2-4H,5-6H2,1H3,(H,15,16). The number of carbonyl (C=O) groups excluding carboxylic acids is 1. The molecule has 19 heavy (non-hydrogen) atoms. The van der Waals surface area contributed by atoms with Crippen LogP contribution < -0.4 is 4.74 Å². The van der Waals surface area contributed by atoms with E-state index in [9.17, 15) is 19.1 Å². The minimum absolute atomic E-state index is 0.237. The first-order valence-electron chi connectivity index (χ1n) is 4.98. The zero-order chi connectivity index (χ0) is 14.4. The molecule has 1 aromatic rings. The number of hydrogen-bond acceptors (Lipinski definition) is 6. The van der Waals surface area contributed by atoms with Crippen LogP contribution in [0.25, 0.3) is 0 Å². The second kappa shape index (κ2) is 6.92. The summed E-state index contributed by atoms with van der Waals surface area (Å²) in [5.41, 5.74) is -0.161. The molecule has 0 amide bonds. The molecule has 0 bridgehead atoms. The summed E-state index contributed by atoms with van der Waals surface area (Å²) < 4.78 is 28.7. The monoisotopic (exact) mass is 289 g/mol. The molecule has 0 fully saturated rings. The highest BCUT2D eigenvalue weighted by atomic mass is 32.2. The molecule has 0 aliphatic rings. The number of hydrogen-bond donors (Lipinski definition) is 1. The van der Waals surface area contributed by atoms with E-state index in [4.69, 9.17) is 9.29 Å². The van der Waals surface area contributed by atoms with Crippen molar-refractivity contribution in [3.63, 3.8) is 0 Å². The van der Waals surface area contributed by atoms with Gasteiger partial charge in [0.2, 0.25) is 5.75 Å². The van der Waals surface area contributed by atoms with E-state index in [0.717, 1.165) is 6.07 Å². The third kappa shape index (κ3) is 4.73. The molecular formula is C10H11NO7S. The van der Waals surface area contributed by atoms with Crippen LogP contribution in [0.2, 0.25) is 0 Å². The lowest BCUT2D eigenvalue weighted by atomic mass is 10.2. The molecule has 1 atom stereocenters. The number of nitro groups is 1. The Hall–Kier alpha value is -1.84. The molecule has 1 rings (SSSR count). The van der Waals surface area contributed by atoms with Gasteiger partial charge in [-0.2, -0.15) is 0 Å². The Balaban J connectivity index is 3.01. The topological polar surface area (TPSA) is 116 Å². The first-order valence-corrected chi connectivity index (χ1v) is 6.26. The van der Waals surface area contributed by atoms with Gasteiger partial charge in [-0.25, -0.2) is 9.00 Å². The van der Waals surface area contributed by atoms with Gasteiger partial charge < -0.3 is 14.0 Å². The van der Waals surface area contributed by atoms with Crippen LogP contribution in [0.5, 0.6) is 5.75 Å². The molecule has 0 heterocycles. The SMILES string of the molecule is COCC(=O)Oc1ccc(CS(=O)O)cc1[N+](=O)[O-]. The van der Waals surface area contributed by atoms with Crippen molar-refractivity contribution in [1.29, 1.82) is 0 Å². The summed E-state index contributed by atoms with van der Waals surface area (Å²) in [6, 6.07) is 3.66. The van der Waals surface area contributed by atoms with Crippen LogP contribution in [0.4, 0.5) is 5.69 Å². The van der Waals surface area contributed by atoms with Crippen molar-refractivity contribution in [1.82, 2.24) is 0 Å². The second-order valence-corrected chi connectivity index (χ2v) is 4.36. The summed E-state index contributed by atoms with van der Waals surface area (Å²) in [5.74, 6) is -1.25. The first kappa shape index (κ1) is 15.2. The van der Waals surface area contributed by atoms with Crippen LogP contribution in [-0.2, 0) is 26.4 Å². The normalized spacial score (nSPS) is 11.9. The van der Waals surface area contributed by atoms with E-state index in [1.165, 1.54) is 19.2 Å². The van der Waals surface area contributed by atoms with Crippen molar-refractivity contribution < 1.29 is 28.0 Å². The van der Waals surface area contributed by atoms with E-state index in [0.29, 0.717) is 5.56 Å². The van der Waals surface area contributed by atoms with Gasteiger partial charge in [0.15, 0.2) is 11.1 Å². The van der Waals surface area contributed by atoms with Crippen LogP contribution in [-0.4, -0.2) is 33.4 Å². The van der Waals surface area contributed by atoms with E-state index in [2.05, 4.69) is 4.74 Å². The van der Waals surface area contributed by atoms with Gasteiger partial charge in [0.05, 0.1) is 10.7 Å². The fraction of sp³-hybridized carbons (Fsp3) is 0.300. The third-order valence-electron chi connectivity index (χ3n) is 2.00. The highest BCUT2D eigenvalue weighted by Gasteiger charge is 2.19. The van der Waals surface area contributed by atoms with Gasteiger partial charge >= 0.3 is 11.7 Å². The summed E-state index contributed by atoms with van der Waals surface area (Å²) in [5, 5.41) is 10.8. The molecule has 1 N–H and O–H groups in total. The largest absolute Gasteiger partial charge is 0.417 e. The third-order valence-corrected chi connectivity index (χ3v) is 2.58. The van der Waals surface area contributed by atoms with Crippen molar-refractivity contribution in [3.05, 3.63) is 33.9 Å². The Morgan fingerprint density at radius 2 is 2.21 bits per heavy atom. The average molecular weight is 289 g/mol. The molecule has 0 radical (unpaired) electrons. The lowest BCUT2D eigenvalue weighted by molar-refractivity contribution is -0.385. The quantitative estimate of drug-likeness (QED) is 0.271. The van der Waals surface area contributed by atoms with E-state index in [-0.39, 0.29) is 18.1 Å². The van der Waals surface area contributed by atoms with E-state index < -0.39 is 27.7 Å². The minimum atomic E-state index is -2.11.